The zero-order valence-electron chi connectivity index (χ0n) is 46.6. The van der Waals surface area contributed by atoms with Crippen molar-refractivity contribution in [3.05, 3.63) is 48.6 Å². The molecular formula is C62H115NO9. The number of carbonyl (C=O) groups is 1. The largest absolute Gasteiger partial charge is 0.394 e. The Balaban J connectivity index is 2.13. The molecule has 1 amide bonds. The predicted molar refractivity (Wildman–Crippen MR) is 301 cm³/mol. The van der Waals surface area contributed by atoms with E-state index in [2.05, 4.69) is 55.6 Å². The first kappa shape index (κ1) is 68.1. The van der Waals surface area contributed by atoms with Crippen molar-refractivity contribution in [2.75, 3.05) is 13.2 Å². The number of unbranched alkanes of at least 4 members (excludes halogenated alkanes) is 35. The van der Waals surface area contributed by atoms with Crippen molar-refractivity contribution in [1.29, 1.82) is 0 Å². The van der Waals surface area contributed by atoms with Gasteiger partial charge < -0.3 is 45.4 Å². The van der Waals surface area contributed by atoms with E-state index in [0.29, 0.717) is 19.3 Å². The number of carbonyl (C=O) groups excluding carboxylic acids is 1. The summed E-state index contributed by atoms with van der Waals surface area (Å²) in [5.74, 6) is -0.629. The number of aliphatic hydroxyl groups excluding tert-OH is 6. The Hall–Kier alpha value is -1.89. The molecule has 10 heteroatoms. The van der Waals surface area contributed by atoms with Gasteiger partial charge in [0.15, 0.2) is 6.29 Å². The van der Waals surface area contributed by atoms with E-state index in [0.717, 1.165) is 44.9 Å². The lowest BCUT2D eigenvalue weighted by Crippen LogP contribution is -2.60. The Morgan fingerprint density at radius 2 is 0.819 bits per heavy atom. The van der Waals surface area contributed by atoms with Crippen LogP contribution in [0.15, 0.2) is 48.6 Å². The van der Waals surface area contributed by atoms with Crippen molar-refractivity contribution in [3.8, 4) is 0 Å². The molecule has 0 saturated carbocycles. The number of allylic oxidation sites excluding steroid dienone is 7. The molecule has 0 aromatic heterocycles. The van der Waals surface area contributed by atoms with E-state index in [9.17, 15) is 35.4 Å². The molecule has 1 fully saturated rings. The minimum absolute atomic E-state index is 0.302. The summed E-state index contributed by atoms with van der Waals surface area (Å²) >= 11 is 0. The van der Waals surface area contributed by atoms with Gasteiger partial charge in [0.05, 0.1) is 25.4 Å². The summed E-state index contributed by atoms with van der Waals surface area (Å²) in [6, 6.07) is -1.00. The van der Waals surface area contributed by atoms with Gasteiger partial charge in [-0.2, -0.15) is 0 Å². The molecule has 1 aliphatic rings. The number of hydrogen-bond donors (Lipinski definition) is 7. The van der Waals surface area contributed by atoms with Gasteiger partial charge in [-0.15, -0.1) is 0 Å². The summed E-state index contributed by atoms with van der Waals surface area (Å²) in [7, 11) is 0. The van der Waals surface area contributed by atoms with Crippen LogP contribution in [0.5, 0.6) is 0 Å². The maximum Gasteiger partial charge on any atom is 0.249 e. The van der Waals surface area contributed by atoms with Crippen LogP contribution in [-0.2, 0) is 14.3 Å². The second-order valence-corrected chi connectivity index (χ2v) is 21.3. The van der Waals surface area contributed by atoms with Crippen LogP contribution >= 0.6 is 0 Å². The molecule has 72 heavy (non-hydrogen) atoms. The zero-order chi connectivity index (χ0) is 52.4. The van der Waals surface area contributed by atoms with E-state index in [-0.39, 0.29) is 6.61 Å². The Bertz CT molecular complexity index is 1290. The highest BCUT2D eigenvalue weighted by Gasteiger charge is 2.44. The first-order valence-electron chi connectivity index (χ1n) is 30.5. The Morgan fingerprint density at radius 1 is 0.472 bits per heavy atom. The summed E-state index contributed by atoms with van der Waals surface area (Å²) in [5.41, 5.74) is 0. The highest BCUT2D eigenvalue weighted by molar-refractivity contribution is 5.80. The lowest BCUT2D eigenvalue weighted by Gasteiger charge is -2.40. The standard InChI is InChI=1S/C62H115NO9/c1-3-5-7-9-11-13-15-17-18-19-20-21-22-23-24-25-26-27-28-29-30-31-32-33-34-35-36-37-39-41-43-45-47-49-51-56(66)61(70)63-54(53-71-62-60(69)59(68)58(67)57(52-64)72-62)55(65)50-48-46-44-42-40-38-16-14-12-10-8-6-4-2/h12,14,25-26,40,42,48,50,54-60,62,64-69H,3-11,13,15-24,27-39,41,43-47,49,51-53H2,1-2H3,(H,63,70)/b14-12+,26-25-,42-40+,50-48+. The number of hydrogen-bond acceptors (Lipinski definition) is 9. The highest BCUT2D eigenvalue weighted by atomic mass is 16.7. The molecule has 0 bridgehead atoms. The summed E-state index contributed by atoms with van der Waals surface area (Å²) in [5, 5.41) is 64.9. The molecule has 8 unspecified atom stereocenters. The van der Waals surface area contributed by atoms with Gasteiger partial charge in [0.1, 0.15) is 30.5 Å². The number of ether oxygens (including phenoxy) is 2. The molecule has 0 radical (unpaired) electrons. The van der Waals surface area contributed by atoms with Crippen molar-refractivity contribution in [2.24, 2.45) is 0 Å². The summed E-state index contributed by atoms with van der Waals surface area (Å²) < 4.78 is 11.2. The van der Waals surface area contributed by atoms with E-state index < -0.39 is 61.5 Å². The molecule has 8 atom stereocenters. The molecular weight excluding hydrogens is 903 g/mol. The fourth-order valence-electron chi connectivity index (χ4n) is 9.54. The molecule has 422 valence electrons. The maximum atomic E-state index is 13.1. The number of aliphatic hydroxyl groups is 6. The fraction of sp³-hybridized carbons (Fsp3) is 0.855. The molecule has 1 aliphatic heterocycles. The average Bonchev–Trinajstić information content (AvgIpc) is 3.38. The van der Waals surface area contributed by atoms with Crippen molar-refractivity contribution in [3.63, 3.8) is 0 Å². The average molecular weight is 1020 g/mol. The van der Waals surface area contributed by atoms with Crippen molar-refractivity contribution in [2.45, 2.75) is 326 Å². The highest BCUT2D eigenvalue weighted by Crippen LogP contribution is 2.23. The van der Waals surface area contributed by atoms with E-state index in [1.54, 1.807) is 6.08 Å². The van der Waals surface area contributed by atoms with E-state index in [4.69, 9.17) is 9.47 Å². The maximum absolute atomic E-state index is 13.1. The SMILES string of the molecule is CCCCC/C=C/CC/C=C/CC/C=C/C(O)C(COC1OC(CO)C(O)C(O)C1O)NC(=O)C(O)CCCCCCCCCCCCCCCCCC/C=C\CCCCCCCCCCCCCCCC. The number of nitrogens with one attached hydrogen (secondary N) is 1. The first-order chi connectivity index (χ1) is 35.3. The van der Waals surface area contributed by atoms with Gasteiger partial charge in [-0.05, 0) is 70.6 Å². The van der Waals surface area contributed by atoms with Gasteiger partial charge in [-0.3, -0.25) is 4.79 Å². The van der Waals surface area contributed by atoms with Gasteiger partial charge in [0.25, 0.3) is 0 Å². The quantitative estimate of drug-likeness (QED) is 0.0232. The molecule has 7 N–H and O–H groups in total. The number of rotatable bonds is 52. The van der Waals surface area contributed by atoms with E-state index in [1.165, 1.54) is 199 Å². The van der Waals surface area contributed by atoms with Gasteiger partial charge in [-0.25, -0.2) is 0 Å². The third-order valence-corrected chi connectivity index (χ3v) is 14.5. The minimum Gasteiger partial charge on any atom is -0.394 e. The van der Waals surface area contributed by atoms with Crippen LogP contribution in [0.4, 0.5) is 0 Å². The lowest BCUT2D eigenvalue weighted by molar-refractivity contribution is -0.302. The topological polar surface area (TPSA) is 169 Å². The first-order valence-corrected chi connectivity index (χ1v) is 30.5. The molecule has 0 aromatic rings. The van der Waals surface area contributed by atoms with Crippen LogP contribution < -0.4 is 5.32 Å². The second kappa shape index (κ2) is 51.2. The zero-order valence-corrected chi connectivity index (χ0v) is 46.6. The Morgan fingerprint density at radius 3 is 1.24 bits per heavy atom. The summed E-state index contributed by atoms with van der Waals surface area (Å²) in [4.78, 5) is 13.1. The molecule has 0 spiro atoms. The van der Waals surface area contributed by atoms with Crippen molar-refractivity contribution >= 4 is 5.91 Å². The summed E-state index contributed by atoms with van der Waals surface area (Å²) in [6.07, 6.45) is 58.2. The van der Waals surface area contributed by atoms with Gasteiger partial charge >= 0.3 is 0 Å². The molecule has 10 nitrogen and oxygen atoms in total. The monoisotopic (exact) mass is 1020 g/mol. The molecule has 1 heterocycles. The van der Waals surface area contributed by atoms with Crippen LogP contribution in [0, 0.1) is 0 Å². The van der Waals surface area contributed by atoms with E-state index in [1.807, 2.05) is 6.08 Å². The van der Waals surface area contributed by atoms with Gasteiger partial charge in [0.2, 0.25) is 5.91 Å². The minimum atomic E-state index is -1.62. The molecule has 1 rings (SSSR count). The molecule has 1 saturated heterocycles. The predicted octanol–water partition coefficient (Wildman–Crippen LogP) is 14.3. The van der Waals surface area contributed by atoms with Crippen LogP contribution in [0.25, 0.3) is 0 Å². The summed E-state index contributed by atoms with van der Waals surface area (Å²) in [6.45, 7) is 3.57. The fourth-order valence-corrected chi connectivity index (χ4v) is 9.54. The normalized spacial score (nSPS) is 19.9. The smallest absolute Gasteiger partial charge is 0.249 e. The Kier molecular flexibility index (Phi) is 48.5. The van der Waals surface area contributed by atoms with Crippen LogP contribution in [-0.4, -0.2) is 98.7 Å². The third kappa shape index (κ3) is 39.5. The van der Waals surface area contributed by atoms with E-state index >= 15 is 0 Å². The Labute approximate surface area is 442 Å². The van der Waals surface area contributed by atoms with Crippen LogP contribution in [0.1, 0.15) is 277 Å². The van der Waals surface area contributed by atoms with Gasteiger partial charge in [-0.1, -0.05) is 255 Å². The number of amides is 1. The molecule has 0 aromatic carbocycles. The lowest BCUT2D eigenvalue weighted by atomic mass is 9.99. The molecule has 0 aliphatic carbocycles. The van der Waals surface area contributed by atoms with Crippen molar-refractivity contribution < 1.29 is 44.9 Å². The van der Waals surface area contributed by atoms with Crippen LogP contribution in [0.2, 0.25) is 0 Å². The third-order valence-electron chi connectivity index (χ3n) is 14.5. The van der Waals surface area contributed by atoms with Crippen molar-refractivity contribution in [1.82, 2.24) is 5.32 Å². The van der Waals surface area contributed by atoms with Crippen LogP contribution in [0.3, 0.4) is 0 Å². The van der Waals surface area contributed by atoms with Gasteiger partial charge in [0, 0.05) is 0 Å². The second-order valence-electron chi connectivity index (χ2n) is 21.3.